The molecule has 1 amide bonds. The van der Waals surface area contributed by atoms with E-state index in [-0.39, 0.29) is 12.5 Å². The lowest BCUT2D eigenvalue weighted by Gasteiger charge is -2.21. The van der Waals surface area contributed by atoms with Gasteiger partial charge in [-0.1, -0.05) is 26.2 Å². The third-order valence-electron chi connectivity index (χ3n) is 3.05. The molecule has 1 rings (SSSR count). The molecular formula is C13H26N2O2. The second-order valence-electron chi connectivity index (χ2n) is 4.67. The average Bonchev–Trinajstić information content (AvgIpc) is 2.37. The molecule has 0 heterocycles. The Hall–Kier alpha value is -0.610. The van der Waals surface area contributed by atoms with Gasteiger partial charge in [-0.3, -0.25) is 4.79 Å². The van der Waals surface area contributed by atoms with Crippen molar-refractivity contribution in [3.63, 3.8) is 0 Å². The topological polar surface area (TPSA) is 50.4 Å². The number of nitrogens with one attached hydrogen (secondary N) is 2. The number of hydrogen-bond acceptors (Lipinski definition) is 3. The Balaban J connectivity index is 1.93. The Labute approximate surface area is 104 Å². The molecule has 1 aliphatic carbocycles. The Morgan fingerprint density at radius 2 is 1.94 bits per heavy atom. The Bertz CT molecular complexity index is 204. The highest BCUT2D eigenvalue weighted by Crippen LogP contribution is 2.19. The van der Waals surface area contributed by atoms with E-state index in [9.17, 15) is 4.79 Å². The summed E-state index contributed by atoms with van der Waals surface area (Å²) < 4.78 is 5.59. The van der Waals surface area contributed by atoms with Crippen molar-refractivity contribution in [3.8, 4) is 0 Å². The first-order valence-corrected chi connectivity index (χ1v) is 6.92. The van der Waals surface area contributed by atoms with Crippen molar-refractivity contribution in [2.75, 3.05) is 26.2 Å². The predicted molar refractivity (Wildman–Crippen MR) is 69.0 cm³/mol. The molecule has 1 aliphatic rings. The maximum atomic E-state index is 11.5. The van der Waals surface area contributed by atoms with Gasteiger partial charge in [0.1, 0.15) is 6.61 Å². The second kappa shape index (κ2) is 9.42. The highest BCUT2D eigenvalue weighted by Gasteiger charge is 2.14. The van der Waals surface area contributed by atoms with E-state index < -0.39 is 0 Å². The Morgan fingerprint density at radius 1 is 1.18 bits per heavy atom. The van der Waals surface area contributed by atoms with Gasteiger partial charge in [-0.05, 0) is 25.8 Å². The zero-order chi connectivity index (χ0) is 12.3. The minimum absolute atomic E-state index is 0.00821. The minimum atomic E-state index is 0.00821. The van der Waals surface area contributed by atoms with E-state index in [2.05, 4.69) is 17.6 Å². The van der Waals surface area contributed by atoms with Crippen LogP contribution in [0.5, 0.6) is 0 Å². The summed E-state index contributed by atoms with van der Waals surface area (Å²) >= 11 is 0. The number of amides is 1. The molecular weight excluding hydrogens is 216 g/mol. The van der Waals surface area contributed by atoms with Crippen molar-refractivity contribution in [2.45, 2.75) is 51.6 Å². The van der Waals surface area contributed by atoms with Crippen molar-refractivity contribution in [3.05, 3.63) is 0 Å². The number of hydrogen-bond donors (Lipinski definition) is 2. The molecule has 0 aromatic carbocycles. The van der Waals surface area contributed by atoms with E-state index >= 15 is 0 Å². The van der Waals surface area contributed by atoms with Crippen LogP contribution in [0.15, 0.2) is 0 Å². The number of rotatable bonds is 8. The maximum absolute atomic E-state index is 11.5. The molecule has 0 aliphatic heterocycles. The molecule has 0 spiro atoms. The summed E-state index contributed by atoms with van der Waals surface area (Å²) in [5.74, 6) is 0.00821. The monoisotopic (exact) mass is 242 g/mol. The van der Waals surface area contributed by atoms with E-state index in [1.807, 2.05) is 0 Å². The smallest absolute Gasteiger partial charge is 0.246 e. The molecule has 17 heavy (non-hydrogen) atoms. The van der Waals surface area contributed by atoms with Gasteiger partial charge in [-0.2, -0.15) is 0 Å². The quantitative estimate of drug-likeness (QED) is 0.633. The van der Waals surface area contributed by atoms with Gasteiger partial charge in [0.2, 0.25) is 5.91 Å². The zero-order valence-electron chi connectivity index (χ0n) is 11.0. The van der Waals surface area contributed by atoms with E-state index in [0.717, 1.165) is 32.4 Å². The van der Waals surface area contributed by atoms with Crippen LogP contribution in [0, 0.1) is 0 Å². The van der Waals surface area contributed by atoms with Crippen LogP contribution in [0.4, 0.5) is 0 Å². The molecule has 0 bridgehead atoms. The third-order valence-corrected chi connectivity index (χ3v) is 3.05. The summed E-state index contributed by atoms with van der Waals surface area (Å²) in [6.45, 7) is 4.88. The van der Waals surface area contributed by atoms with Crippen molar-refractivity contribution in [2.24, 2.45) is 0 Å². The van der Waals surface area contributed by atoms with Gasteiger partial charge in [-0.25, -0.2) is 0 Å². The Morgan fingerprint density at radius 3 is 2.65 bits per heavy atom. The molecule has 0 atom stereocenters. The second-order valence-corrected chi connectivity index (χ2v) is 4.67. The van der Waals surface area contributed by atoms with Crippen molar-refractivity contribution in [1.29, 1.82) is 0 Å². The van der Waals surface area contributed by atoms with Crippen LogP contribution in [0.3, 0.4) is 0 Å². The minimum Gasteiger partial charge on any atom is -0.368 e. The third kappa shape index (κ3) is 7.34. The number of carbonyl (C=O) groups is 1. The standard InChI is InChI=1S/C13H26N2O2/c1-2-8-14-9-10-15-13(16)11-17-12-6-4-3-5-7-12/h12,14H,2-11H2,1H3,(H,15,16). The summed E-state index contributed by atoms with van der Waals surface area (Å²) in [6, 6.07) is 0. The van der Waals surface area contributed by atoms with Gasteiger partial charge < -0.3 is 15.4 Å². The molecule has 4 nitrogen and oxygen atoms in total. The van der Waals surface area contributed by atoms with E-state index in [1.165, 1.54) is 19.3 Å². The Kier molecular flexibility index (Phi) is 8.01. The fraction of sp³-hybridized carbons (Fsp3) is 0.923. The summed E-state index contributed by atoms with van der Waals surface area (Å²) in [5.41, 5.74) is 0. The molecule has 0 radical (unpaired) electrons. The fourth-order valence-corrected chi connectivity index (χ4v) is 2.07. The molecule has 1 fully saturated rings. The number of ether oxygens (including phenoxy) is 1. The van der Waals surface area contributed by atoms with Crippen LogP contribution in [0.25, 0.3) is 0 Å². The van der Waals surface area contributed by atoms with E-state index in [4.69, 9.17) is 4.74 Å². The van der Waals surface area contributed by atoms with Gasteiger partial charge in [-0.15, -0.1) is 0 Å². The first-order chi connectivity index (χ1) is 8.33. The lowest BCUT2D eigenvalue weighted by Crippen LogP contribution is -2.35. The van der Waals surface area contributed by atoms with Crippen LogP contribution in [0.1, 0.15) is 45.4 Å². The molecule has 100 valence electrons. The zero-order valence-corrected chi connectivity index (χ0v) is 11.0. The molecule has 0 unspecified atom stereocenters. The highest BCUT2D eigenvalue weighted by molar-refractivity contribution is 5.77. The van der Waals surface area contributed by atoms with Crippen molar-refractivity contribution >= 4 is 5.91 Å². The molecule has 0 saturated heterocycles. The van der Waals surface area contributed by atoms with Gasteiger partial charge in [0, 0.05) is 13.1 Å². The highest BCUT2D eigenvalue weighted by atomic mass is 16.5. The first kappa shape index (κ1) is 14.5. The number of carbonyl (C=O) groups excluding carboxylic acids is 1. The normalized spacial score (nSPS) is 17.0. The fourth-order valence-electron chi connectivity index (χ4n) is 2.07. The van der Waals surface area contributed by atoms with E-state index in [1.54, 1.807) is 0 Å². The molecule has 2 N–H and O–H groups in total. The van der Waals surface area contributed by atoms with Crippen molar-refractivity contribution in [1.82, 2.24) is 10.6 Å². The van der Waals surface area contributed by atoms with Crippen LogP contribution in [-0.4, -0.2) is 38.3 Å². The molecule has 0 aromatic rings. The molecule has 0 aromatic heterocycles. The summed E-state index contributed by atoms with van der Waals surface area (Å²) in [5, 5.41) is 6.10. The van der Waals surface area contributed by atoms with Gasteiger partial charge >= 0.3 is 0 Å². The van der Waals surface area contributed by atoms with Crippen LogP contribution >= 0.6 is 0 Å². The summed E-state index contributed by atoms with van der Waals surface area (Å²) in [7, 11) is 0. The van der Waals surface area contributed by atoms with Crippen molar-refractivity contribution < 1.29 is 9.53 Å². The van der Waals surface area contributed by atoms with Gasteiger partial charge in [0.05, 0.1) is 6.10 Å². The largest absolute Gasteiger partial charge is 0.368 e. The van der Waals surface area contributed by atoms with Crippen LogP contribution in [0.2, 0.25) is 0 Å². The lowest BCUT2D eigenvalue weighted by atomic mass is 9.98. The molecule has 1 saturated carbocycles. The molecule has 4 heteroatoms. The van der Waals surface area contributed by atoms with E-state index in [0.29, 0.717) is 12.6 Å². The first-order valence-electron chi connectivity index (χ1n) is 6.92. The summed E-state index contributed by atoms with van der Waals surface area (Å²) in [6.07, 6.45) is 7.47. The van der Waals surface area contributed by atoms with Crippen LogP contribution < -0.4 is 10.6 Å². The maximum Gasteiger partial charge on any atom is 0.246 e. The van der Waals surface area contributed by atoms with Gasteiger partial charge in [0.15, 0.2) is 0 Å². The summed E-state index contributed by atoms with van der Waals surface area (Å²) in [4.78, 5) is 11.5. The lowest BCUT2D eigenvalue weighted by molar-refractivity contribution is -0.128. The van der Waals surface area contributed by atoms with Gasteiger partial charge in [0.25, 0.3) is 0 Å². The SMILES string of the molecule is CCCNCCNC(=O)COC1CCCCC1. The van der Waals surface area contributed by atoms with Crippen LogP contribution in [-0.2, 0) is 9.53 Å². The predicted octanol–water partition coefficient (Wildman–Crippen LogP) is 1.45. The average molecular weight is 242 g/mol.